The Kier molecular flexibility index (Phi) is 6.95. The van der Waals surface area contributed by atoms with Gasteiger partial charge in [-0.1, -0.05) is 41.9 Å². The van der Waals surface area contributed by atoms with Crippen LogP contribution in [-0.2, 0) is 0 Å². The minimum absolute atomic E-state index is 0.00189. The number of benzene rings is 2. The molecule has 5 rings (SSSR count). The van der Waals surface area contributed by atoms with E-state index in [0.717, 1.165) is 42.3 Å². The fraction of sp³-hybridized carbons (Fsp3) is 0.250. The van der Waals surface area contributed by atoms with Crippen molar-refractivity contribution >= 4 is 39.5 Å². The Morgan fingerprint density at radius 2 is 1.69 bits per heavy atom. The second kappa shape index (κ2) is 10.3. The minimum atomic E-state index is -0.235. The van der Waals surface area contributed by atoms with E-state index < -0.39 is 0 Å². The number of thiophene rings is 1. The van der Waals surface area contributed by atoms with Crippen molar-refractivity contribution in [2.24, 2.45) is 0 Å². The van der Waals surface area contributed by atoms with Gasteiger partial charge in [-0.2, -0.15) is 0 Å². The second-order valence-corrected chi connectivity index (χ2v) is 10.4. The lowest BCUT2D eigenvalue weighted by molar-refractivity contribution is 0.0996. The average Bonchev–Trinajstić information content (AvgIpc) is 3.51. The number of carbonyl (C=O) groups excluding carboxylic acids is 1. The maximum absolute atomic E-state index is 12.9. The summed E-state index contributed by atoms with van der Waals surface area (Å²) in [6.45, 7) is 7.93. The number of rotatable bonds is 6. The van der Waals surface area contributed by atoms with E-state index in [4.69, 9.17) is 16.0 Å². The summed E-state index contributed by atoms with van der Waals surface area (Å²) in [6, 6.07) is 22.1. The van der Waals surface area contributed by atoms with Crippen molar-refractivity contribution in [3.8, 4) is 0 Å². The number of nitrogens with zero attached hydrogens (tertiary/aromatic N) is 2. The number of nitrogens with one attached hydrogen (secondary N) is 1. The lowest BCUT2D eigenvalue weighted by Crippen LogP contribution is -2.48. The molecule has 0 saturated carbocycles. The molecule has 1 unspecified atom stereocenters. The zero-order valence-electron chi connectivity index (χ0n) is 19.8. The normalized spacial score (nSPS) is 15.2. The Morgan fingerprint density at radius 1 is 0.971 bits per heavy atom. The number of carbonyl (C=O) groups is 1. The van der Waals surface area contributed by atoms with Gasteiger partial charge in [0.2, 0.25) is 0 Å². The van der Waals surface area contributed by atoms with Gasteiger partial charge in [-0.15, -0.1) is 11.3 Å². The van der Waals surface area contributed by atoms with Gasteiger partial charge in [-0.05, 0) is 61.4 Å². The smallest absolute Gasteiger partial charge is 0.291 e. The highest BCUT2D eigenvalue weighted by Gasteiger charge is 2.32. The van der Waals surface area contributed by atoms with Crippen LogP contribution in [0.15, 0.2) is 77.4 Å². The van der Waals surface area contributed by atoms with Crippen molar-refractivity contribution in [3.05, 3.63) is 105 Å². The quantitative estimate of drug-likeness (QED) is 0.314. The molecule has 0 radical (unpaired) electrons. The summed E-state index contributed by atoms with van der Waals surface area (Å²) >= 11 is 7.86. The first-order valence-electron chi connectivity index (χ1n) is 11.8. The van der Waals surface area contributed by atoms with Gasteiger partial charge in [-0.25, -0.2) is 0 Å². The molecule has 4 aromatic rings. The van der Waals surface area contributed by atoms with Crippen molar-refractivity contribution in [1.29, 1.82) is 0 Å². The molecule has 1 aliphatic heterocycles. The lowest BCUT2D eigenvalue weighted by Gasteiger charge is -2.41. The summed E-state index contributed by atoms with van der Waals surface area (Å²) in [4.78, 5) is 19.0. The SMILES string of the molecule is Cc1sc(NC(=O)c2ccco2)c(C(c2ccc(Cl)cc2)N2CCN(c3ccccc3)CC2)c1C. The molecule has 1 amide bonds. The first-order chi connectivity index (χ1) is 17.0. The fourth-order valence-corrected chi connectivity index (χ4v) is 5.94. The number of hydrogen-bond donors (Lipinski definition) is 1. The molecule has 1 atom stereocenters. The van der Waals surface area contributed by atoms with E-state index in [9.17, 15) is 4.79 Å². The van der Waals surface area contributed by atoms with Gasteiger partial charge in [0.25, 0.3) is 5.91 Å². The summed E-state index contributed by atoms with van der Waals surface area (Å²) in [5.41, 5.74) is 4.76. The van der Waals surface area contributed by atoms with Crippen molar-refractivity contribution in [1.82, 2.24) is 4.90 Å². The largest absolute Gasteiger partial charge is 0.459 e. The van der Waals surface area contributed by atoms with Crippen LogP contribution in [0.25, 0.3) is 0 Å². The van der Waals surface area contributed by atoms with Gasteiger partial charge in [0, 0.05) is 47.3 Å². The molecule has 0 spiro atoms. The molecule has 3 heterocycles. The number of anilines is 2. The zero-order valence-corrected chi connectivity index (χ0v) is 21.4. The van der Waals surface area contributed by atoms with Crippen molar-refractivity contribution < 1.29 is 9.21 Å². The Bertz CT molecular complexity index is 1280. The summed E-state index contributed by atoms with van der Waals surface area (Å²) in [5.74, 6) is 0.0698. The van der Waals surface area contributed by atoms with Crippen molar-refractivity contribution in [3.63, 3.8) is 0 Å². The summed E-state index contributed by atoms with van der Waals surface area (Å²) in [5, 5.41) is 4.71. The van der Waals surface area contributed by atoms with Gasteiger partial charge in [-0.3, -0.25) is 9.69 Å². The maximum Gasteiger partial charge on any atom is 0.291 e. The van der Waals surface area contributed by atoms with Crippen LogP contribution in [0, 0.1) is 13.8 Å². The number of aryl methyl sites for hydroxylation is 1. The Labute approximate surface area is 214 Å². The standard InChI is InChI=1S/C28H28ClN3O2S/c1-19-20(2)35-28(30-27(33)24-9-6-18-34-24)25(19)26(21-10-12-22(29)13-11-21)32-16-14-31(15-17-32)23-7-4-3-5-8-23/h3-13,18,26H,14-17H2,1-2H3,(H,30,33). The predicted octanol–water partition coefficient (Wildman–Crippen LogP) is 6.78. The van der Waals surface area contributed by atoms with Gasteiger partial charge in [0.1, 0.15) is 5.00 Å². The third kappa shape index (κ3) is 5.01. The van der Waals surface area contributed by atoms with E-state index in [0.29, 0.717) is 10.8 Å². The third-order valence-electron chi connectivity index (χ3n) is 6.66. The third-order valence-corrected chi connectivity index (χ3v) is 8.05. The van der Waals surface area contributed by atoms with E-state index in [1.807, 2.05) is 12.1 Å². The van der Waals surface area contributed by atoms with Crippen LogP contribution in [-0.4, -0.2) is 37.0 Å². The van der Waals surface area contributed by atoms with Gasteiger partial charge in [0.15, 0.2) is 5.76 Å². The number of furan rings is 1. The molecule has 1 aliphatic rings. The summed E-state index contributed by atoms with van der Waals surface area (Å²) in [7, 11) is 0. The minimum Gasteiger partial charge on any atom is -0.459 e. The highest BCUT2D eigenvalue weighted by atomic mass is 35.5. The first kappa shape index (κ1) is 23.7. The van der Waals surface area contributed by atoms with Crippen LogP contribution in [0.4, 0.5) is 10.7 Å². The molecule has 1 saturated heterocycles. The van der Waals surface area contributed by atoms with Gasteiger partial charge < -0.3 is 14.6 Å². The van der Waals surface area contributed by atoms with Crippen LogP contribution in [0.5, 0.6) is 0 Å². The number of hydrogen-bond acceptors (Lipinski definition) is 5. The lowest BCUT2D eigenvalue weighted by atomic mass is 9.94. The molecule has 5 nitrogen and oxygen atoms in total. The highest BCUT2D eigenvalue weighted by molar-refractivity contribution is 7.16. The predicted molar refractivity (Wildman–Crippen MR) is 144 cm³/mol. The molecule has 0 aliphatic carbocycles. The van der Waals surface area contributed by atoms with Crippen LogP contribution < -0.4 is 10.2 Å². The number of para-hydroxylation sites is 1. The summed E-state index contributed by atoms with van der Waals surface area (Å²) < 4.78 is 5.33. The number of halogens is 1. The van der Waals surface area contributed by atoms with Crippen LogP contribution in [0.1, 0.15) is 38.2 Å². The van der Waals surface area contributed by atoms with Crippen molar-refractivity contribution in [2.45, 2.75) is 19.9 Å². The second-order valence-electron chi connectivity index (χ2n) is 8.77. The first-order valence-corrected chi connectivity index (χ1v) is 12.9. The van der Waals surface area contributed by atoms with Crippen LogP contribution in [0.2, 0.25) is 5.02 Å². The van der Waals surface area contributed by atoms with E-state index in [1.54, 1.807) is 23.5 Å². The Hall–Kier alpha value is -3.06. The van der Waals surface area contributed by atoms with Crippen LogP contribution >= 0.6 is 22.9 Å². The van der Waals surface area contributed by atoms with Gasteiger partial charge >= 0.3 is 0 Å². The Balaban J connectivity index is 1.49. The molecule has 0 bridgehead atoms. The molecule has 2 aromatic carbocycles. The van der Waals surface area contributed by atoms with E-state index in [1.165, 1.54) is 22.4 Å². The van der Waals surface area contributed by atoms with Gasteiger partial charge in [0.05, 0.1) is 12.3 Å². The summed E-state index contributed by atoms with van der Waals surface area (Å²) in [6.07, 6.45) is 1.52. The van der Waals surface area contributed by atoms with Crippen molar-refractivity contribution in [2.75, 3.05) is 36.4 Å². The molecule has 1 N–H and O–H groups in total. The topological polar surface area (TPSA) is 48.7 Å². The molecule has 180 valence electrons. The zero-order chi connectivity index (χ0) is 24.4. The molecule has 35 heavy (non-hydrogen) atoms. The fourth-order valence-electron chi connectivity index (χ4n) is 4.72. The van der Waals surface area contributed by atoms with E-state index >= 15 is 0 Å². The molecule has 7 heteroatoms. The number of amides is 1. The molecule has 2 aromatic heterocycles. The maximum atomic E-state index is 12.9. The highest BCUT2D eigenvalue weighted by Crippen LogP contribution is 2.43. The molecular weight excluding hydrogens is 478 g/mol. The van der Waals surface area contributed by atoms with E-state index in [2.05, 4.69) is 71.4 Å². The molecular formula is C28H28ClN3O2S. The Morgan fingerprint density at radius 3 is 2.34 bits per heavy atom. The monoisotopic (exact) mass is 505 g/mol. The van der Waals surface area contributed by atoms with Crippen LogP contribution in [0.3, 0.4) is 0 Å². The molecule has 1 fully saturated rings. The average molecular weight is 506 g/mol. The van der Waals surface area contributed by atoms with E-state index in [-0.39, 0.29) is 11.9 Å². The number of piperazine rings is 1.